The third kappa shape index (κ3) is 1.51. The topological polar surface area (TPSA) is 30.2 Å². The summed E-state index contributed by atoms with van der Waals surface area (Å²) in [5, 5.41) is 4.92. The molecule has 0 aliphatic carbocycles. The lowest BCUT2D eigenvalue weighted by Gasteiger charge is -2.06. The first-order valence-corrected chi connectivity index (χ1v) is 5.58. The van der Waals surface area contributed by atoms with Gasteiger partial charge >= 0.3 is 0 Å². The van der Waals surface area contributed by atoms with Crippen molar-refractivity contribution >= 4 is 17.2 Å². The van der Waals surface area contributed by atoms with Gasteiger partial charge in [-0.25, -0.2) is 9.50 Å². The van der Waals surface area contributed by atoms with E-state index in [1.54, 1.807) is 4.52 Å². The smallest absolute Gasteiger partial charge is 0.160 e. The van der Waals surface area contributed by atoms with Gasteiger partial charge in [0, 0.05) is 16.8 Å². The molecule has 0 atom stereocenters. The molecule has 2 aromatic rings. The summed E-state index contributed by atoms with van der Waals surface area (Å²) in [7, 11) is 0. The third-order valence-electron chi connectivity index (χ3n) is 2.70. The molecule has 0 radical (unpaired) electrons. The Morgan fingerprint density at radius 3 is 2.67 bits per heavy atom. The summed E-state index contributed by atoms with van der Waals surface area (Å²) in [6.45, 7) is 6.17. The highest BCUT2D eigenvalue weighted by atomic mass is 35.5. The molecule has 2 heterocycles. The lowest BCUT2D eigenvalue weighted by atomic mass is 10.2. The fourth-order valence-electron chi connectivity index (χ4n) is 1.72. The highest BCUT2D eigenvalue weighted by Gasteiger charge is 2.12. The summed E-state index contributed by atoms with van der Waals surface area (Å²) in [6, 6.07) is 0. The molecule has 0 N–H and O–H groups in total. The monoisotopic (exact) mass is 223 g/mol. The number of rotatable bonds is 2. The van der Waals surface area contributed by atoms with Crippen molar-refractivity contribution in [3.05, 3.63) is 28.2 Å². The molecule has 0 aromatic carbocycles. The van der Waals surface area contributed by atoms with E-state index in [0.29, 0.717) is 5.15 Å². The zero-order valence-electron chi connectivity index (χ0n) is 9.21. The van der Waals surface area contributed by atoms with Crippen molar-refractivity contribution in [3.8, 4) is 0 Å². The van der Waals surface area contributed by atoms with Crippen molar-refractivity contribution in [2.24, 2.45) is 0 Å². The van der Waals surface area contributed by atoms with Crippen molar-refractivity contribution in [1.82, 2.24) is 14.6 Å². The standard InChI is InChI=1S/C11H14ClN3/c1-4-8-6-13-15-10(12)7(3)9(5-2)14-11(8)15/h6H,4-5H2,1-3H3. The Kier molecular flexibility index (Phi) is 2.65. The minimum absolute atomic E-state index is 0.677. The van der Waals surface area contributed by atoms with Crippen molar-refractivity contribution < 1.29 is 0 Å². The zero-order valence-corrected chi connectivity index (χ0v) is 9.97. The molecule has 0 saturated carbocycles. The zero-order chi connectivity index (χ0) is 11.0. The number of halogens is 1. The molecule has 0 amide bonds. The third-order valence-corrected chi connectivity index (χ3v) is 3.15. The number of aromatic nitrogens is 3. The van der Waals surface area contributed by atoms with Crippen LogP contribution in [0.25, 0.3) is 5.65 Å². The van der Waals surface area contributed by atoms with Crippen molar-refractivity contribution in [1.29, 1.82) is 0 Å². The minimum Gasteiger partial charge on any atom is -0.233 e. The first-order chi connectivity index (χ1) is 7.19. The number of hydrogen-bond acceptors (Lipinski definition) is 2. The highest BCUT2D eigenvalue weighted by Crippen LogP contribution is 2.21. The van der Waals surface area contributed by atoms with Crippen LogP contribution in [-0.2, 0) is 12.8 Å². The highest BCUT2D eigenvalue weighted by molar-refractivity contribution is 6.30. The van der Waals surface area contributed by atoms with E-state index in [9.17, 15) is 0 Å². The Balaban J connectivity index is 2.81. The van der Waals surface area contributed by atoms with E-state index in [1.807, 2.05) is 13.1 Å². The molecule has 0 saturated heterocycles. The maximum absolute atomic E-state index is 6.24. The lowest BCUT2D eigenvalue weighted by molar-refractivity contribution is 0.894. The molecule has 0 unspecified atom stereocenters. The van der Waals surface area contributed by atoms with Crippen LogP contribution in [0.3, 0.4) is 0 Å². The summed E-state index contributed by atoms with van der Waals surface area (Å²) >= 11 is 6.24. The van der Waals surface area contributed by atoms with E-state index >= 15 is 0 Å². The van der Waals surface area contributed by atoms with Crippen molar-refractivity contribution in [2.75, 3.05) is 0 Å². The Morgan fingerprint density at radius 2 is 2.07 bits per heavy atom. The molecule has 3 nitrogen and oxygen atoms in total. The van der Waals surface area contributed by atoms with E-state index in [4.69, 9.17) is 11.6 Å². The van der Waals surface area contributed by atoms with Crippen LogP contribution in [0, 0.1) is 6.92 Å². The van der Waals surface area contributed by atoms with Crippen LogP contribution < -0.4 is 0 Å². The van der Waals surface area contributed by atoms with Gasteiger partial charge in [-0.3, -0.25) is 0 Å². The van der Waals surface area contributed by atoms with Gasteiger partial charge in [0.2, 0.25) is 0 Å². The van der Waals surface area contributed by atoms with Crippen LogP contribution >= 0.6 is 11.6 Å². The SMILES string of the molecule is CCc1nc2c(CC)cnn2c(Cl)c1C. The molecule has 0 aliphatic heterocycles. The molecule has 0 aliphatic rings. The maximum Gasteiger partial charge on any atom is 0.160 e. The first kappa shape index (κ1) is 10.4. The molecule has 2 rings (SSSR count). The van der Waals surface area contributed by atoms with Crippen molar-refractivity contribution in [2.45, 2.75) is 33.6 Å². The average molecular weight is 224 g/mol. The first-order valence-electron chi connectivity index (χ1n) is 5.20. The Labute approximate surface area is 94.1 Å². The van der Waals surface area contributed by atoms with Gasteiger partial charge in [-0.15, -0.1) is 0 Å². The van der Waals surface area contributed by atoms with Gasteiger partial charge in [-0.2, -0.15) is 5.10 Å². The molecule has 0 bridgehead atoms. The molecular formula is C11H14ClN3. The van der Waals surface area contributed by atoms with Crippen LogP contribution in [0.4, 0.5) is 0 Å². The van der Waals surface area contributed by atoms with Crippen LogP contribution in [0.2, 0.25) is 5.15 Å². The van der Waals surface area contributed by atoms with Crippen molar-refractivity contribution in [3.63, 3.8) is 0 Å². The summed E-state index contributed by atoms with van der Waals surface area (Å²) in [4.78, 5) is 4.60. The molecular weight excluding hydrogens is 210 g/mol. The van der Waals surface area contributed by atoms with Gasteiger partial charge in [0.15, 0.2) is 5.65 Å². The summed E-state index contributed by atoms with van der Waals surface area (Å²) in [5.74, 6) is 0. The number of nitrogens with zero attached hydrogens (tertiary/aromatic N) is 3. The van der Waals surface area contributed by atoms with Crippen LogP contribution in [0.15, 0.2) is 6.20 Å². The Morgan fingerprint density at radius 1 is 1.33 bits per heavy atom. The van der Waals surface area contributed by atoms with E-state index < -0.39 is 0 Å². The lowest BCUT2D eigenvalue weighted by Crippen LogP contribution is -2.01. The minimum atomic E-state index is 0.677. The second-order valence-corrected chi connectivity index (χ2v) is 3.94. The largest absolute Gasteiger partial charge is 0.233 e. The predicted octanol–water partition coefficient (Wildman–Crippen LogP) is 2.82. The maximum atomic E-state index is 6.24. The molecule has 0 fully saturated rings. The Bertz CT molecular complexity index is 502. The van der Waals surface area contributed by atoms with Gasteiger partial charge < -0.3 is 0 Å². The summed E-state index contributed by atoms with van der Waals surface area (Å²) in [5.41, 5.74) is 4.12. The number of aryl methyl sites for hydroxylation is 2. The molecule has 15 heavy (non-hydrogen) atoms. The summed E-state index contributed by atoms with van der Waals surface area (Å²) in [6.07, 6.45) is 3.67. The number of fused-ring (bicyclic) bond motifs is 1. The Hall–Kier alpha value is -1.09. The average Bonchev–Trinajstić information content (AvgIpc) is 2.66. The van der Waals surface area contributed by atoms with Gasteiger partial charge in [-0.1, -0.05) is 25.4 Å². The summed E-state index contributed by atoms with van der Waals surface area (Å²) < 4.78 is 1.72. The van der Waals surface area contributed by atoms with Gasteiger partial charge in [0.05, 0.1) is 6.20 Å². The van der Waals surface area contributed by atoms with E-state index in [-0.39, 0.29) is 0 Å². The molecule has 2 aromatic heterocycles. The predicted molar refractivity (Wildman–Crippen MR) is 61.5 cm³/mol. The molecule has 4 heteroatoms. The van der Waals surface area contributed by atoms with Gasteiger partial charge in [-0.05, 0) is 19.8 Å². The normalized spacial score (nSPS) is 11.2. The molecule has 80 valence electrons. The van der Waals surface area contributed by atoms with E-state index in [2.05, 4.69) is 23.9 Å². The second-order valence-electron chi connectivity index (χ2n) is 3.59. The van der Waals surface area contributed by atoms with Crippen LogP contribution in [0.5, 0.6) is 0 Å². The van der Waals surface area contributed by atoms with Gasteiger partial charge in [0.1, 0.15) is 5.15 Å². The van der Waals surface area contributed by atoms with Crippen LogP contribution in [0.1, 0.15) is 30.7 Å². The van der Waals surface area contributed by atoms with E-state index in [1.165, 1.54) is 0 Å². The quantitative estimate of drug-likeness (QED) is 0.733. The van der Waals surface area contributed by atoms with Crippen LogP contribution in [-0.4, -0.2) is 14.6 Å². The number of hydrogen-bond donors (Lipinski definition) is 0. The fourth-order valence-corrected chi connectivity index (χ4v) is 1.95. The molecule has 0 spiro atoms. The fraction of sp³-hybridized carbons (Fsp3) is 0.455. The second kappa shape index (κ2) is 3.81. The van der Waals surface area contributed by atoms with E-state index in [0.717, 1.165) is 35.3 Å². The van der Waals surface area contributed by atoms with Gasteiger partial charge in [0.25, 0.3) is 0 Å².